The van der Waals surface area contributed by atoms with Crippen LogP contribution in [0.15, 0.2) is 47.1 Å². The van der Waals surface area contributed by atoms with E-state index in [9.17, 15) is 14.4 Å². The van der Waals surface area contributed by atoms with Crippen LogP contribution in [0.5, 0.6) is 0 Å². The molecule has 0 spiro atoms. The highest BCUT2D eigenvalue weighted by Gasteiger charge is 2.39. The number of halogens is 1. The summed E-state index contributed by atoms with van der Waals surface area (Å²) in [5.41, 5.74) is 1.83. The summed E-state index contributed by atoms with van der Waals surface area (Å²) >= 11 is 3.48. The molecule has 31 heavy (non-hydrogen) atoms. The Morgan fingerprint density at radius 2 is 1.84 bits per heavy atom. The Bertz CT molecular complexity index is 987. The standard InChI is InChI=1S/C23H25BrN4O3/c1-15-6-7-20(25-13-15)26-22(30)16-8-10-27(11-9-16)23(31)17-12-21(29)28(14-17)19-5-3-2-4-18(19)24/h2-7,13,16-17H,8-12,14H2,1H3,(H,25,26,30). The molecule has 1 atom stereocenters. The maximum absolute atomic E-state index is 13.0. The summed E-state index contributed by atoms with van der Waals surface area (Å²) in [7, 11) is 0. The van der Waals surface area contributed by atoms with Crippen LogP contribution in [0, 0.1) is 18.8 Å². The number of para-hydroxylation sites is 1. The predicted molar refractivity (Wildman–Crippen MR) is 122 cm³/mol. The van der Waals surface area contributed by atoms with Crippen LogP contribution in [0.1, 0.15) is 24.8 Å². The number of rotatable bonds is 4. The third kappa shape index (κ3) is 4.79. The minimum atomic E-state index is -0.346. The Hall–Kier alpha value is -2.74. The first-order valence-electron chi connectivity index (χ1n) is 10.5. The molecule has 7 nitrogen and oxygen atoms in total. The second kappa shape index (κ2) is 9.18. The van der Waals surface area contributed by atoms with E-state index in [2.05, 4.69) is 26.2 Å². The number of amides is 3. The minimum absolute atomic E-state index is 0.00182. The van der Waals surface area contributed by atoms with Gasteiger partial charge in [0, 0.05) is 42.6 Å². The highest BCUT2D eigenvalue weighted by atomic mass is 79.9. The van der Waals surface area contributed by atoms with Crippen molar-refractivity contribution in [3.05, 3.63) is 52.6 Å². The largest absolute Gasteiger partial charge is 0.342 e. The molecule has 0 radical (unpaired) electrons. The number of nitrogens with one attached hydrogen (secondary N) is 1. The van der Waals surface area contributed by atoms with E-state index in [0.717, 1.165) is 15.7 Å². The number of benzene rings is 1. The second-order valence-corrected chi connectivity index (χ2v) is 9.02. The van der Waals surface area contributed by atoms with Gasteiger partial charge in [-0.25, -0.2) is 4.98 Å². The van der Waals surface area contributed by atoms with Gasteiger partial charge in [0.15, 0.2) is 0 Å². The van der Waals surface area contributed by atoms with Crippen molar-refractivity contribution < 1.29 is 14.4 Å². The molecule has 1 unspecified atom stereocenters. The predicted octanol–water partition coefficient (Wildman–Crippen LogP) is 3.38. The Kier molecular flexibility index (Phi) is 6.36. The van der Waals surface area contributed by atoms with Gasteiger partial charge in [0.05, 0.1) is 11.6 Å². The van der Waals surface area contributed by atoms with Crippen molar-refractivity contribution in [2.75, 3.05) is 29.9 Å². The second-order valence-electron chi connectivity index (χ2n) is 8.17. The maximum atomic E-state index is 13.0. The van der Waals surface area contributed by atoms with E-state index in [1.165, 1.54) is 0 Å². The summed E-state index contributed by atoms with van der Waals surface area (Å²) in [4.78, 5) is 45.8. The van der Waals surface area contributed by atoms with Crippen LogP contribution in [-0.4, -0.2) is 47.2 Å². The summed E-state index contributed by atoms with van der Waals surface area (Å²) in [5, 5.41) is 2.86. The number of likely N-dealkylation sites (tertiary alicyclic amines) is 1. The Balaban J connectivity index is 1.31. The van der Waals surface area contributed by atoms with Gasteiger partial charge in [-0.1, -0.05) is 18.2 Å². The number of nitrogens with zero attached hydrogens (tertiary/aromatic N) is 3. The zero-order valence-corrected chi connectivity index (χ0v) is 19.0. The van der Waals surface area contributed by atoms with Crippen LogP contribution < -0.4 is 10.2 Å². The SMILES string of the molecule is Cc1ccc(NC(=O)C2CCN(C(=O)C3CC(=O)N(c4ccccc4Br)C3)CC2)nc1. The van der Waals surface area contributed by atoms with Crippen LogP contribution in [-0.2, 0) is 14.4 Å². The molecule has 0 aliphatic carbocycles. The van der Waals surface area contributed by atoms with Gasteiger partial charge in [0.25, 0.3) is 0 Å². The lowest BCUT2D eigenvalue weighted by molar-refractivity contribution is -0.138. The number of aryl methyl sites for hydroxylation is 1. The van der Waals surface area contributed by atoms with E-state index in [1.807, 2.05) is 37.3 Å². The lowest BCUT2D eigenvalue weighted by atomic mass is 9.94. The fourth-order valence-electron chi connectivity index (χ4n) is 4.17. The number of pyridine rings is 1. The zero-order chi connectivity index (χ0) is 22.0. The number of piperidine rings is 1. The zero-order valence-electron chi connectivity index (χ0n) is 17.4. The molecule has 162 valence electrons. The van der Waals surface area contributed by atoms with Crippen molar-refractivity contribution in [3.63, 3.8) is 0 Å². The van der Waals surface area contributed by atoms with Gasteiger partial charge in [-0.2, -0.15) is 0 Å². The molecule has 3 amide bonds. The number of hydrogen-bond acceptors (Lipinski definition) is 4. The van der Waals surface area contributed by atoms with Gasteiger partial charge in [0.1, 0.15) is 5.82 Å². The Labute approximate surface area is 189 Å². The van der Waals surface area contributed by atoms with Gasteiger partial charge in [-0.15, -0.1) is 0 Å². The van der Waals surface area contributed by atoms with Gasteiger partial charge in [0.2, 0.25) is 17.7 Å². The van der Waals surface area contributed by atoms with E-state index in [1.54, 1.807) is 22.1 Å². The van der Waals surface area contributed by atoms with Crippen LogP contribution in [0.25, 0.3) is 0 Å². The fraction of sp³-hybridized carbons (Fsp3) is 0.391. The molecular weight excluding hydrogens is 460 g/mol. The molecule has 2 aromatic rings. The molecule has 0 bridgehead atoms. The molecule has 1 N–H and O–H groups in total. The van der Waals surface area contributed by atoms with E-state index in [4.69, 9.17) is 0 Å². The molecule has 4 rings (SSSR count). The third-order valence-corrected chi connectivity index (χ3v) is 6.63. The lowest BCUT2D eigenvalue weighted by Crippen LogP contribution is -2.44. The van der Waals surface area contributed by atoms with Crippen molar-refractivity contribution in [1.29, 1.82) is 0 Å². The van der Waals surface area contributed by atoms with E-state index < -0.39 is 0 Å². The summed E-state index contributed by atoms with van der Waals surface area (Å²) in [6.45, 7) is 3.39. The van der Waals surface area contributed by atoms with E-state index >= 15 is 0 Å². The van der Waals surface area contributed by atoms with Gasteiger partial charge >= 0.3 is 0 Å². The lowest BCUT2D eigenvalue weighted by Gasteiger charge is -2.32. The molecule has 0 saturated carbocycles. The minimum Gasteiger partial charge on any atom is -0.342 e. The van der Waals surface area contributed by atoms with E-state index in [0.29, 0.717) is 38.3 Å². The van der Waals surface area contributed by atoms with Crippen LogP contribution in [0.3, 0.4) is 0 Å². The van der Waals surface area contributed by atoms with Crippen molar-refractivity contribution in [1.82, 2.24) is 9.88 Å². The average molecular weight is 485 g/mol. The fourth-order valence-corrected chi connectivity index (χ4v) is 4.67. The van der Waals surface area contributed by atoms with Crippen LogP contribution >= 0.6 is 15.9 Å². The number of aromatic nitrogens is 1. The summed E-state index contributed by atoms with van der Waals surface area (Å²) < 4.78 is 0.839. The molecule has 8 heteroatoms. The van der Waals surface area contributed by atoms with Crippen LogP contribution in [0.4, 0.5) is 11.5 Å². The molecule has 3 heterocycles. The van der Waals surface area contributed by atoms with Gasteiger partial charge in [-0.3, -0.25) is 14.4 Å². The number of carbonyl (C=O) groups is 3. The number of carbonyl (C=O) groups excluding carboxylic acids is 3. The molecule has 2 aliphatic rings. The van der Waals surface area contributed by atoms with Gasteiger partial charge in [-0.05, 0) is 59.5 Å². The quantitative estimate of drug-likeness (QED) is 0.720. The van der Waals surface area contributed by atoms with Crippen molar-refractivity contribution >= 4 is 45.2 Å². The first-order valence-corrected chi connectivity index (χ1v) is 11.3. The highest BCUT2D eigenvalue weighted by molar-refractivity contribution is 9.10. The summed E-state index contributed by atoms with van der Waals surface area (Å²) in [6, 6.07) is 11.2. The van der Waals surface area contributed by atoms with Gasteiger partial charge < -0.3 is 15.1 Å². The number of hydrogen-bond donors (Lipinski definition) is 1. The number of anilines is 2. The van der Waals surface area contributed by atoms with Crippen molar-refractivity contribution in [2.24, 2.45) is 11.8 Å². The van der Waals surface area contributed by atoms with Crippen molar-refractivity contribution in [2.45, 2.75) is 26.2 Å². The summed E-state index contributed by atoms with van der Waals surface area (Å²) in [6.07, 6.45) is 3.16. The first-order chi connectivity index (χ1) is 14.9. The molecule has 1 aromatic heterocycles. The van der Waals surface area contributed by atoms with E-state index in [-0.39, 0.29) is 36.0 Å². The third-order valence-electron chi connectivity index (χ3n) is 5.96. The monoisotopic (exact) mass is 484 g/mol. The van der Waals surface area contributed by atoms with Crippen molar-refractivity contribution in [3.8, 4) is 0 Å². The van der Waals surface area contributed by atoms with Crippen LogP contribution in [0.2, 0.25) is 0 Å². The highest BCUT2D eigenvalue weighted by Crippen LogP contribution is 2.32. The molecule has 2 fully saturated rings. The smallest absolute Gasteiger partial charge is 0.228 e. The molecule has 2 saturated heterocycles. The molecule has 2 aliphatic heterocycles. The normalized spacial score (nSPS) is 19.5. The Morgan fingerprint density at radius 1 is 1.10 bits per heavy atom. The average Bonchev–Trinajstić information content (AvgIpc) is 3.16. The molecule has 1 aromatic carbocycles. The molecular formula is C23H25BrN4O3. The topological polar surface area (TPSA) is 82.6 Å². The Morgan fingerprint density at radius 3 is 2.52 bits per heavy atom. The summed E-state index contributed by atoms with van der Waals surface area (Å²) in [5.74, 6) is -0.0340. The first kappa shape index (κ1) is 21.5. The maximum Gasteiger partial charge on any atom is 0.228 e.